The topological polar surface area (TPSA) is 21.3 Å². The van der Waals surface area contributed by atoms with E-state index in [1.54, 1.807) is 0 Å². The summed E-state index contributed by atoms with van der Waals surface area (Å²) in [6.45, 7) is 1.78. The van der Waals surface area contributed by atoms with E-state index in [1.807, 2.05) is 30.3 Å². The van der Waals surface area contributed by atoms with Gasteiger partial charge in [0.15, 0.2) is 0 Å². The van der Waals surface area contributed by atoms with Crippen LogP contribution in [-0.2, 0) is 6.18 Å². The molecule has 0 aliphatic carbocycles. The molecule has 3 rings (SSSR count). The van der Waals surface area contributed by atoms with Gasteiger partial charge in [-0.2, -0.15) is 13.2 Å². The number of benzene rings is 2. The quantitative estimate of drug-likeness (QED) is 0.899. The fraction of sp³-hybridized carbons (Fsp3) is 0.333. The maximum atomic E-state index is 12.6. The Morgan fingerprint density at radius 1 is 1.00 bits per heavy atom. The highest BCUT2D eigenvalue weighted by molar-refractivity contribution is 5.30. The zero-order valence-electron chi connectivity index (χ0n) is 12.5. The number of hydrogen-bond acceptors (Lipinski definition) is 2. The second kappa shape index (κ2) is 6.62. The molecule has 2 atom stereocenters. The van der Waals surface area contributed by atoms with Gasteiger partial charge in [-0.3, -0.25) is 0 Å². The van der Waals surface area contributed by atoms with Crippen LogP contribution in [0.15, 0.2) is 54.6 Å². The van der Waals surface area contributed by atoms with Crippen molar-refractivity contribution in [3.63, 3.8) is 0 Å². The van der Waals surface area contributed by atoms with Gasteiger partial charge in [0.25, 0.3) is 0 Å². The minimum atomic E-state index is -4.33. The average molecular weight is 321 g/mol. The van der Waals surface area contributed by atoms with Gasteiger partial charge in [-0.1, -0.05) is 30.3 Å². The Kier molecular flexibility index (Phi) is 4.57. The van der Waals surface area contributed by atoms with Gasteiger partial charge in [0.1, 0.15) is 11.9 Å². The van der Waals surface area contributed by atoms with E-state index in [1.165, 1.54) is 12.1 Å². The van der Waals surface area contributed by atoms with E-state index in [9.17, 15) is 13.2 Å². The van der Waals surface area contributed by atoms with E-state index in [-0.39, 0.29) is 6.10 Å². The number of hydrogen-bond donors (Lipinski definition) is 1. The molecule has 0 bridgehead atoms. The number of ether oxygens (including phenoxy) is 1. The maximum absolute atomic E-state index is 12.6. The van der Waals surface area contributed by atoms with Crippen LogP contribution in [0.2, 0.25) is 0 Å². The van der Waals surface area contributed by atoms with Crippen LogP contribution in [-0.4, -0.2) is 13.1 Å². The van der Waals surface area contributed by atoms with Crippen molar-refractivity contribution in [3.8, 4) is 5.75 Å². The van der Waals surface area contributed by atoms with Crippen molar-refractivity contribution < 1.29 is 17.9 Å². The monoisotopic (exact) mass is 321 g/mol. The molecule has 2 nitrogen and oxygen atoms in total. The van der Waals surface area contributed by atoms with Crippen molar-refractivity contribution in [3.05, 3.63) is 65.7 Å². The first-order valence-electron chi connectivity index (χ1n) is 7.63. The van der Waals surface area contributed by atoms with E-state index >= 15 is 0 Å². The third-order valence-electron chi connectivity index (χ3n) is 4.10. The molecule has 1 heterocycles. The average Bonchev–Trinajstić information content (AvgIpc) is 3.07. The summed E-state index contributed by atoms with van der Waals surface area (Å²) in [6.07, 6.45) is -3.50. The van der Waals surface area contributed by atoms with Crippen LogP contribution in [0.5, 0.6) is 5.75 Å². The standard InChI is InChI=1S/C18H18F3NO/c19-18(20,21)15-6-8-16(9-7-15)23-17(14-10-11-22-12-14)13-4-2-1-3-5-13/h1-9,14,17,22H,10-12H2/t14-,17+/m0/s1. The zero-order chi connectivity index (χ0) is 16.3. The first-order chi connectivity index (χ1) is 11.0. The summed E-state index contributed by atoms with van der Waals surface area (Å²) < 4.78 is 44.0. The lowest BCUT2D eigenvalue weighted by atomic mass is 9.95. The molecular formula is C18H18F3NO. The zero-order valence-corrected chi connectivity index (χ0v) is 12.5. The molecule has 0 aromatic heterocycles. The van der Waals surface area contributed by atoms with Crippen LogP contribution >= 0.6 is 0 Å². The molecular weight excluding hydrogens is 303 g/mol. The van der Waals surface area contributed by atoms with Crippen molar-refractivity contribution in [2.75, 3.05) is 13.1 Å². The fourth-order valence-corrected chi connectivity index (χ4v) is 2.88. The van der Waals surface area contributed by atoms with E-state index in [0.717, 1.165) is 37.2 Å². The summed E-state index contributed by atoms with van der Waals surface area (Å²) in [7, 11) is 0. The van der Waals surface area contributed by atoms with Gasteiger partial charge in [0.2, 0.25) is 0 Å². The highest BCUT2D eigenvalue weighted by atomic mass is 19.4. The highest BCUT2D eigenvalue weighted by Gasteiger charge is 2.31. The Morgan fingerprint density at radius 2 is 1.70 bits per heavy atom. The maximum Gasteiger partial charge on any atom is 0.416 e. The second-order valence-corrected chi connectivity index (χ2v) is 5.72. The Bertz CT molecular complexity index is 619. The molecule has 5 heteroatoms. The molecule has 1 aliphatic rings. The smallest absolute Gasteiger partial charge is 0.416 e. The first kappa shape index (κ1) is 15.9. The van der Waals surface area contributed by atoms with Crippen molar-refractivity contribution in [1.29, 1.82) is 0 Å². The Labute approximate surface area is 133 Å². The Hall–Kier alpha value is -2.01. The fourth-order valence-electron chi connectivity index (χ4n) is 2.88. The molecule has 1 fully saturated rings. The van der Waals surface area contributed by atoms with Crippen LogP contribution in [0.1, 0.15) is 23.7 Å². The van der Waals surface area contributed by atoms with E-state index < -0.39 is 11.7 Å². The number of halogens is 3. The van der Waals surface area contributed by atoms with E-state index in [4.69, 9.17) is 4.74 Å². The summed E-state index contributed by atoms with van der Waals surface area (Å²) in [5.41, 5.74) is 0.379. The SMILES string of the molecule is FC(F)(F)c1ccc(O[C@H](c2ccccc2)[C@H]2CCNC2)cc1. The third kappa shape index (κ3) is 3.85. The summed E-state index contributed by atoms with van der Waals surface area (Å²) in [4.78, 5) is 0. The van der Waals surface area contributed by atoms with Gasteiger partial charge in [-0.25, -0.2) is 0 Å². The molecule has 0 saturated carbocycles. The Morgan fingerprint density at radius 3 is 2.26 bits per heavy atom. The van der Waals surface area contributed by atoms with Gasteiger partial charge in [0, 0.05) is 12.5 Å². The van der Waals surface area contributed by atoms with Gasteiger partial charge in [-0.05, 0) is 42.8 Å². The van der Waals surface area contributed by atoms with Crippen LogP contribution in [0.25, 0.3) is 0 Å². The molecule has 0 amide bonds. The molecule has 1 aliphatic heterocycles. The largest absolute Gasteiger partial charge is 0.485 e. The normalized spacial score (nSPS) is 19.5. The summed E-state index contributed by atoms with van der Waals surface area (Å²) >= 11 is 0. The van der Waals surface area contributed by atoms with E-state index in [0.29, 0.717) is 11.7 Å². The predicted molar refractivity (Wildman–Crippen MR) is 82.2 cm³/mol. The minimum absolute atomic E-state index is 0.164. The number of alkyl halides is 3. The van der Waals surface area contributed by atoms with Crippen molar-refractivity contribution in [1.82, 2.24) is 5.32 Å². The van der Waals surface area contributed by atoms with Crippen LogP contribution in [0.3, 0.4) is 0 Å². The second-order valence-electron chi connectivity index (χ2n) is 5.72. The molecule has 122 valence electrons. The molecule has 1 saturated heterocycles. The van der Waals surface area contributed by atoms with Gasteiger partial charge < -0.3 is 10.1 Å². The highest BCUT2D eigenvalue weighted by Crippen LogP contribution is 2.34. The molecule has 0 spiro atoms. The number of nitrogens with one attached hydrogen (secondary N) is 1. The van der Waals surface area contributed by atoms with Crippen molar-refractivity contribution >= 4 is 0 Å². The van der Waals surface area contributed by atoms with Crippen LogP contribution in [0.4, 0.5) is 13.2 Å². The minimum Gasteiger partial charge on any atom is -0.485 e. The molecule has 0 unspecified atom stereocenters. The third-order valence-corrected chi connectivity index (χ3v) is 4.10. The lowest BCUT2D eigenvalue weighted by Crippen LogP contribution is -2.21. The van der Waals surface area contributed by atoms with Gasteiger partial charge in [0.05, 0.1) is 5.56 Å². The predicted octanol–water partition coefficient (Wildman–Crippen LogP) is 4.44. The first-order valence-corrected chi connectivity index (χ1v) is 7.63. The molecule has 2 aromatic carbocycles. The molecule has 0 radical (unpaired) electrons. The van der Waals surface area contributed by atoms with Crippen molar-refractivity contribution in [2.24, 2.45) is 5.92 Å². The lowest BCUT2D eigenvalue weighted by molar-refractivity contribution is -0.137. The van der Waals surface area contributed by atoms with Gasteiger partial charge >= 0.3 is 6.18 Å². The Balaban J connectivity index is 1.81. The lowest BCUT2D eigenvalue weighted by Gasteiger charge is -2.25. The summed E-state index contributed by atoms with van der Waals surface area (Å²) in [6, 6.07) is 14.7. The van der Waals surface area contributed by atoms with E-state index in [2.05, 4.69) is 5.32 Å². The van der Waals surface area contributed by atoms with Crippen LogP contribution < -0.4 is 10.1 Å². The van der Waals surface area contributed by atoms with Gasteiger partial charge in [-0.15, -0.1) is 0 Å². The van der Waals surface area contributed by atoms with Crippen LogP contribution in [0, 0.1) is 5.92 Å². The molecule has 2 aromatic rings. The number of rotatable bonds is 4. The summed E-state index contributed by atoms with van der Waals surface area (Å²) in [5.74, 6) is 0.762. The molecule has 1 N–H and O–H groups in total. The summed E-state index contributed by atoms with van der Waals surface area (Å²) in [5, 5.41) is 3.31. The van der Waals surface area contributed by atoms with Crippen molar-refractivity contribution in [2.45, 2.75) is 18.7 Å². The molecule has 23 heavy (non-hydrogen) atoms.